The fourth-order valence-corrected chi connectivity index (χ4v) is 5.25. The van der Waals surface area contributed by atoms with E-state index in [1.165, 1.54) is 0 Å². The summed E-state index contributed by atoms with van der Waals surface area (Å²) in [6.07, 6.45) is 7.27. The van der Waals surface area contributed by atoms with E-state index < -0.39 is 0 Å². The Balaban J connectivity index is 1.54. The summed E-state index contributed by atoms with van der Waals surface area (Å²) in [6.45, 7) is 3.03. The van der Waals surface area contributed by atoms with Crippen LogP contribution >= 0.6 is 0 Å². The van der Waals surface area contributed by atoms with E-state index >= 15 is 0 Å². The number of benzene rings is 1. The summed E-state index contributed by atoms with van der Waals surface area (Å²) < 4.78 is 7.08. The van der Waals surface area contributed by atoms with Gasteiger partial charge < -0.3 is 19.7 Å². The van der Waals surface area contributed by atoms with Crippen LogP contribution in [0.3, 0.4) is 0 Å². The smallest absolute Gasteiger partial charge is 0.219 e. The molecule has 5 rings (SSSR count). The number of piperidine rings is 1. The van der Waals surface area contributed by atoms with Crippen LogP contribution in [0.1, 0.15) is 43.4 Å². The minimum atomic E-state index is 0.104. The minimum absolute atomic E-state index is 0.104. The molecule has 0 atom stereocenters. The van der Waals surface area contributed by atoms with Gasteiger partial charge in [0.05, 0.1) is 24.7 Å². The van der Waals surface area contributed by atoms with Gasteiger partial charge in [-0.1, -0.05) is 6.07 Å². The molecule has 0 unspecified atom stereocenters. The van der Waals surface area contributed by atoms with Gasteiger partial charge in [0.15, 0.2) is 5.65 Å². The lowest BCUT2D eigenvalue weighted by Gasteiger charge is -2.32. The van der Waals surface area contributed by atoms with Gasteiger partial charge >= 0.3 is 0 Å². The highest BCUT2D eigenvalue weighted by Gasteiger charge is 2.28. The molecular weight excluding hydrogens is 480 g/mol. The second-order valence-corrected chi connectivity index (χ2v) is 9.51. The van der Waals surface area contributed by atoms with Gasteiger partial charge in [0.1, 0.15) is 17.9 Å². The Bertz CT molecular complexity index is 1440. The van der Waals surface area contributed by atoms with E-state index in [1.807, 2.05) is 65.3 Å². The number of carbonyl (C=O) groups is 2. The zero-order chi connectivity index (χ0) is 26.6. The maximum absolute atomic E-state index is 11.9. The molecule has 0 aliphatic carbocycles. The number of hydrogen-bond donors (Lipinski definition) is 1. The Morgan fingerprint density at radius 1 is 1.11 bits per heavy atom. The van der Waals surface area contributed by atoms with Crippen molar-refractivity contribution in [3.63, 3.8) is 0 Å². The van der Waals surface area contributed by atoms with Crippen molar-refractivity contribution in [1.29, 1.82) is 0 Å². The molecule has 38 heavy (non-hydrogen) atoms. The summed E-state index contributed by atoms with van der Waals surface area (Å²) in [7, 11) is 3.52. The van der Waals surface area contributed by atoms with E-state index in [-0.39, 0.29) is 11.8 Å². The topological polar surface area (TPSA) is 102 Å². The van der Waals surface area contributed by atoms with Crippen molar-refractivity contribution in [2.45, 2.75) is 38.5 Å². The highest BCUT2D eigenvalue weighted by Crippen LogP contribution is 2.36. The van der Waals surface area contributed by atoms with Crippen LogP contribution < -0.4 is 10.1 Å². The van der Waals surface area contributed by atoms with E-state index in [4.69, 9.17) is 14.7 Å². The molecular formula is C29H32N6O3. The maximum Gasteiger partial charge on any atom is 0.219 e. The number of anilines is 1. The quantitative estimate of drug-likeness (QED) is 0.350. The number of amides is 1. The first-order valence-corrected chi connectivity index (χ1v) is 12.9. The Morgan fingerprint density at radius 2 is 1.84 bits per heavy atom. The number of carbonyl (C=O) groups excluding carboxylic acids is 2. The number of nitrogens with zero attached hydrogens (tertiary/aromatic N) is 5. The summed E-state index contributed by atoms with van der Waals surface area (Å²) in [5, 5.41) is 7.98. The normalized spacial score (nSPS) is 14.0. The summed E-state index contributed by atoms with van der Waals surface area (Å²) in [5.74, 6) is 1.95. The van der Waals surface area contributed by atoms with Crippen molar-refractivity contribution >= 4 is 23.7 Å². The van der Waals surface area contributed by atoms with E-state index in [2.05, 4.69) is 10.4 Å². The van der Waals surface area contributed by atoms with Crippen molar-refractivity contribution in [1.82, 2.24) is 24.5 Å². The lowest BCUT2D eigenvalue weighted by molar-refractivity contribution is -0.129. The molecule has 1 aliphatic heterocycles. The number of aromatic nitrogens is 4. The fourth-order valence-electron chi connectivity index (χ4n) is 5.25. The summed E-state index contributed by atoms with van der Waals surface area (Å²) in [6, 6.07) is 11.9. The molecule has 1 saturated heterocycles. The summed E-state index contributed by atoms with van der Waals surface area (Å²) in [5.41, 5.74) is 6.42. The van der Waals surface area contributed by atoms with E-state index in [9.17, 15) is 9.59 Å². The Hall–Kier alpha value is -4.27. The summed E-state index contributed by atoms with van der Waals surface area (Å²) >= 11 is 0. The number of pyridine rings is 1. The maximum atomic E-state index is 11.9. The van der Waals surface area contributed by atoms with Gasteiger partial charge in [0.25, 0.3) is 0 Å². The van der Waals surface area contributed by atoms with Gasteiger partial charge in [-0.2, -0.15) is 9.61 Å². The first-order chi connectivity index (χ1) is 18.5. The number of ether oxygens (including phenoxy) is 1. The first kappa shape index (κ1) is 25.4. The molecule has 4 heterocycles. The number of methoxy groups -OCH3 is 1. The number of aldehydes is 1. The third-order valence-electron chi connectivity index (χ3n) is 7.31. The highest BCUT2D eigenvalue weighted by atomic mass is 16.5. The highest BCUT2D eigenvalue weighted by molar-refractivity contribution is 5.79. The second kappa shape index (κ2) is 11.0. The van der Waals surface area contributed by atoms with Crippen LogP contribution in [0, 0.1) is 0 Å². The Labute approximate surface area is 221 Å². The molecule has 9 heteroatoms. The van der Waals surface area contributed by atoms with Crippen LogP contribution in [0.5, 0.6) is 5.75 Å². The molecule has 196 valence electrons. The van der Waals surface area contributed by atoms with Gasteiger partial charge in [0, 0.05) is 67.9 Å². The third-order valence-corrected chi connectivity index (χ3v) is 7.31. The van der Waals surface area contributed by atoms with Gasteiger partial charge in [-0.3, -0.25) is 9.78 Å². The molecule has 0 bridgehead atoms. The average molecular weight is 513 g/mol. The van der Waals surface area contributed by atoms with Crippen molar-refractivity contribution in [3.8, 4) is 28.1 Å². The first-order valence-electron chi connectivity index (χ1n) is 12.9. The number of nitrogens with one attached hydrogen (secondary N) is 1. The van der Waals surface area contributed by atoms with Crippen LogP contribution in [0.4, 0.5) is 5.82 Å². The van der Waals surface area contributed by atoms with Crippen molar-refractivity contribution < 1.29 is 14.3 Å². The SMILES string of the molecule is CNc1c(CCC=O)c(C2CCN(C(C)=O)CC2)nc2c(-c3ccc(-c4ccc(OC)cc4)nc3)cnn12. The van der Waals surface area contributed by atoms with Crippen molar-refractivity contribution in [3.05, 3.63) is 60.0 Å². The van der Waals surface area contributed by atoms with Crippen LogP contribution in [0.25, 0.3) is 28.0 Å². The van der Waals surface area contributed by atoms with Gasteiger partial charge in [0.2, 0.25) is 5.91 Å². The number of rotatable bonds is 8. The zero-order valence-electron chi connectivity index (χ0n) is 22.0. The molecule has 1 aromatic carbocycles. The third kappa shape index (κ3) is 4.83. The van der Waals surface area contributed by atoms with Crippen LogP contribution in [0.2, 0.25) is 0 Å². The zero-order valence-corrected chi connectivity index (χ0v) is 22.0. The lowest BCUT2D eigenvalue weighted by atomic mass is 9.89. The fraction of sp³-hybridized carbons (Fsp3) is 0.345. The summed E-state index contributed by atoms with van der Waals surface area (Å²) in [4.78, 5) is 34.9. The lowest BCUT2D eigenvalue weighted by Crippen LogP contribution is -2.36. The molecule has 9 nitrogen and oxygen atoms in total. The molecule has 1 aliphatic rings. The second-order valence-electron chi connectivity index (χ2n) is 9.51. The van der Waals surface area contributed by atoms with Crippen LogP contribution in [0.15, 0.2) is 48.8 Å². The van der Waals surface area contributed by atoms with Crippen LogP contribution in [-0.4, -0.2) is 63.9 Å². The molecule has 1 fully saturated rings. The Morgan fingerprint density at radius 3 is 2.45 bits per heavy atom. The average Bonchev–Trinajstić information content (AvgIpc) is 3.39. The number of fused-ring (bicyclic) bond motifs is 1. The molecule has 0 radical (unpaired) electrons. The molecule has 1 amide bonds. The molecule has 4 aromatic rings. The van der Waals surface area contributed by atoms with Gasteiger partial charge in [-0.25, -0.2) is 4.98 Å². The van der Waals surface area contributed by atoms with Gasteiger partial charge in [-0.15, -0.1) is 0 Å². The van der Waals surface area contributed by atoms with E-state index in [1.54, 1.807) is 14.0 Å². The van der Waals surface area contributed by atoms with E-state index in [0.29, 0.717) is 25.9 Å². The number of likely N-dealkylation sites (tertiary alicyclic amines) is 1. The number of hydrogen-bond acceptors (Lipinski definition) is 7. The van der Waals surface area contributed by atoms with E-state index in [0.717, 1.165) is 70.0 Å². The molecule has 0 spiro atoms. The Kier molecular flexibility index (Phi) is 7.35. The largest absolute Gasteiger partial charge is 0.497 e. The minimum Gasteiger partial charge on any atom is -0.497 e. The molecule has 3 aromatic heterocycles. The van der Waals surface area contributed by atoms with Crippen molar-refractivity contribution in [2.24, 2.45) is 0 Å². The monoisotopic (exact) mass is 512 g/mol. The molecule has 0 saturated carbocycles. The predicted molar refractivity (Wildman–Crippen MR) is 146 cm³/mol. The molecule has 1 N–H and O–H groups in total. The standard InChI is InChI=1S/C29H32N6O3/c1-19(37)34-14-12-21(13-15-34)27-24(5-4-16-36)28(30-2)35-29(33-27)25(18-32-35)22-8-11-26(31-17-22)20-6-9-23(38-3)10-7-20/h6-11,16-18,21,30H,4-5,12-15H2,1-3H3. The van der Waals surface area contributed by atoms with Crippen LogP contribution in [-0.2, 0) is 16.0 Å². The van der Waals surface area contributed by atoms with Crippen molar-refractivity contribution in [2.75, 3.05) is 32.6 Å². The predicted octanol–water partition coefficient (Wildman–Crippen LogP) is 4.37. The van der Waals surface area contributed by atoms with Gasteiger partial charge in [-0.05, 0) is 49.6 Å².